The van der Waals surface area contributed by atoms with Crippen molar-refractivity contribution < 1.29 is 4.74 Å². The Labute approximate surface area is 112 Å². The van der Waals surface area contributed by atoms with E-state index in [-0.39, 0.29) is 0 Å². The number of nitrogens with two attached hydrogens (primary N) is 1. The van der Waals surface area contributed by atoms with Crippen molar-refractivity contribution in [2.75, 3.05) is 12.8 Å². The molecule has 1 aliphatic carbocycles. The molecule has 98 valence electrons. The SMILES string of the molecule is COc1ccc(-c2cc(N)nc(C3CC3)n2)c(C)c1. The fourth-order valence-electron chi connectivity index (χ4n) is 2.20. The monoisotopic (exact) mass is 255 g/mol. The third-order valence-corrected chi connectivity index (χ3v) is 3.42. The van der Waals surface area contributed by atoms with E-state index in [4.69, 9.17) is 10.5 Å². The van der Waals surface area contributed by atoms with Crippen LogP contribution in [0.25, 0.3) is 11.3 Å². The molecule has 1 aliphatic rings. The van der Waals surface area contributed by atoms with Crippen LogP contribution in [0.1, 0.15) is 30.1 Å². The summed E-state index contributed by atoms with van der Waals surface area (Å²) in [5.74, 6) is 2.78. The highest BCUT2D eigenvalue weighted by molar-refractivity contribution is 5.66. The molecule has 0 spiro atoms. The second-order valence-electron chi connectivity index (χ2n) is 4.99. The lowest BCUT2D eigenvalue weighted by atomic mass is 10.0. The van der Waals surface area contributed by atoms with Crippen molar-refractivity contribution in [2.24, 2.45) is 0 Å². The van der Waals surface area contributed by atoms with Crippen molar-refractivity contribution in [3.63, 3.8) is 0 Å². The fraction of sp³-hybridized carbons (Fsp3) is 0.333. The van der Waals surface area contributed by atoms with Gasteiger partial charge in [0.15, 0.2) is 0 Å². The van der Waals surface area contributed by atoms with Crippen molar-refractivity contribution in [1.82, 2.24) is 9.97 Å². The Balaban J connectivity index is 2.05. The fourth-order valence-corrected chi connectivity index (χ4v) is 2.20. The Morgan fingerprint density at radius 1 is 1.21 bits per heavy atom. The van der Waals surface area contributed by atoms with Crippen molar-refractivity contribution >= 4 is 5.82 Å². The van der Waals surface area contributed by atoms with Gasteiger partial charge in [-0.25, -0.2) is 9.97 Å². The summed E-state index contributed by atoms with van der Waals surface area (Å²) in [7, 11) is 1.67. The van der Waals surface area contributed by atoms with Gasteiger partial charge in [0.1, 0.15) is 17.4 Å². The molecular formula is C15H17N3O. The second kappa shape index (κ2) is 4.53. The molecular weight excluding hydrogens is 238 g/mol. The molecule has 0 amide bonds. The summed E-state index contributed by atoms with van der Waals surface area (Å²) in [4.78, 5) is 8.98. The van der Waals surface area contributed by atoms with Crippen LogP contribution in [-0.2, 0) is 0 Å². The number of rotatable bonds is 3. The van der Waals surface area contributed by atoms with Gasteiger partial charge < -0.3 is 10.5 Å². The quantitative estimate of drug-likeness (QED) is 0.916. The van der Waals surface area contributed by atoms with Gasteiger partial charge in [0.2, 0.25) is 0 Å². The number of nitrogens with zero attached hydrogens (tertiary/aromatic N) is 2. The maximum Gasteiger partial charge on any atom is 0.134 e. The third kappa shape index (κ3) is 2.38. The van der Waals surface area contributed by atoms with E-state index >= 15 is 0 Å². The van der Waals surface area contributed by atoms with Crippen molar-refractivity contribution in [2.45, 2.75) is 25.7 Å². The number of benzene rings is 1. The minimum Gasteiger partial charge on any atom is -0.497 e. The minimum absolute atomic E-state index is 0.501. The standard InChI is InChI=1S/C15H17N3O/c1-9-7-11(19-2)5-6-12(9)13-8-14(16)18-15(17-13)10-3-4-10/h5-8,10H,3-4H2,1-2H3,(H2,16,17,18). The Hall–Kier alpha value is -2.10. The van der Waals surface area contributed by atoms with Gasteiger partial charge in [0, 0.05) is 17.5 Å². The zero-order valence-electron chi connectivity index (χ0n) is 11.2. The van der Waals surface area contributed by atoms with Gasteiger partial charge in [0.25, 0.3) is 0 Å². The second-order valence-corrected chi connectivity index (χ2v) is 4.99. The van der Waals surface area contributed by atoms with Gasteiger partial charge in [-0.2, -0.15) is 0 Å². The molecule has 4 heteroatoms. The van der Waals surface area contributed by atoms with E-state index in [1.54, 1.807) is 7.11 Å². The smallest absolute Gasteiger partial charge is 0.134 e. The maximum atomic E-state index is 5.89. The van der Waals surface area contributed by atoms with Crippen LogP contribution in [0.3, 0.4) is 0 Å². The Bertz CT molecular complexity index is 621. The molecule has 0 atom stereocenters. The summed E-state index contributed by atoms with van der Waals surface area (Å²) < 4.78 is 5.22. The lowest BCUT2D eigenvalue weighted by Crippen LogP contribution is -2.00. The third-order valence-electron chi connectivity index (χ3n) is 3.42. The molecule has 4 nitrogen and oxygen atoms in total. The van der Waals surface area contributed by atoms with Gasteiger partial charge in [0.05, 0.1) is 12.8 Å². The first-order valence-electron chi connectivity index (χ1n) is 6.47. The summed E-state index contributed by atoms with van der Waals surface area (Å²) in [6.45, 7) is 2.05. The Kier molecular flexibility index (Phi) is 2.85. The van der Waals surface area contributed by atoms with E-state index in [1.807, 2.05) is 31.2 Å². The molecule has 19 heavy (non-hydrogen) atoms. The number of nitrogen functional groups attached to an aromatic ring is 1. The number of ether oxygens (including phenoxy) is 1. The van der Waals surface area contributed by atoms with Gasteiger partial charge in [-0.05, 0) is 43.5 Å². The first-order valence-corrected chi connectivity index (χ1v) is 6.47. The molecule has 0 saturated heterocycles. The van der Waals surface area contributed by atoms with Crippen LogP contribution in [0, 0.1) is 6.92 Å². The summed E-state index contributed by atoms with van der Waals surface area (Å²) in [6, 6.07) is 7.80. The normalized spacial score (nSPS) is 14.4. The molecule has 3 rings (SSSR count). The molecule has 0 radical (unpaired) electrons. The molecule has 1 aromatic carbocycles. The predicted molar refractivity (Wildman–Crippen MR) is 75.1 cm³/mol. The van der Waals surface area contributed by atoms with E-state index in [0.29, 0.717) is 11.7 Å². The van der Waals surface area contributed by atoms with Crippen LogP contribution >= 0.6 is 0 Å². The average molecular weight is 255 g/mol. The zero-order chi connectivity index (χ0) is 13.4. The van der Waals surface area contributed by atoms with Gasteiger partial charge in [-0.15, -0.1) is 0 Å². The van der Waals surface area contributed by atoms with E-state index in [1.165, 1.54) is 12.8 Å². The van der Waals surface area contributed by atoms with Gasteiger partial charge in [-0.3, -0.25) is 0 Å². The molecule has 2 N–H and O–H groups in total. The van der Waals surface area contributed by atoms with Crippen molar-refractivity contribution in [3.05, 3.63) is 35.7 Å². The van der Waals surface area contributed by atoms with Crippen LogP contribution in [0.15, 0.2) is 24.3 Å². The molecule has 1 heterocycles. The highest BCUT2D eigenvalue weighted by atomic mass is 16.5. The molecule has 0 aliphatic heterocycles. The van der Waals surface area contributed by atoms with Crippen LogP contribution in [0.2, 0.25) is 0 Å². The average Bonchev–Trinajstić information content (AvgIpc) is 3.22. The summed E-state index contributed by atoms with van der Waals surface area (Å²) in [5.41, 5.74) is 9.00. The van der Waals surface area contributed by atoms with Crippen LogP contribution in [0.5, 0.6) is 5.75 Å². The molecule has 0 bridgehead atoms. The molecule has 2 aromatic rings. The van der Waals surface area contributed by atoms with E-state index in [0.717, 1.165) is 28.4 Å². The van der Waals surface area contributed by atoms with Crippen molar-refractivity contribution in [1.29, 1.82) is 0 Å². The lowest BCUT2D eigenvalue weighted by molar-refractivity contribution is 0.414. The Morgan fingerprint density at radius 3 is 2.63 bits per heavy atom. The number of aryl methyl sites for hydroxylation is 1. The summed E-state index contributed by atoms with van der Waals surface area (Å²) in [5, 5.41) is 0. The molecule has 1 fully saturated rings. The topological polar surface area (TPSA) is 61.0 Å². The van der Waals surface area contributed by atoms with E-state index in [2.05, 4.69) is 9.97 Å². The summed E-state index contributed by atoms with van der Waals surface area (Å²) >= 11 is 0. The van der Waals surface area contributed by atoms with Gasteiger partial charge >= 0.3 is 0 Å². The highest BCUT2D eigenvalue weighted by Crippen LogP contribution is 2.39. The minimum atomic E-state index is 0.501. The lowest BCUT2D eigenvalue weighted by Gasteiger charge is -2.09. The number of aromatic nitrogens is 2. The number of hydrogen-bond donors (Lipinski definition) is 1. The van der Waals surface area contributed by atoms with E-state index < -0.39 is 0 Å². The number of hydrogen-bond acceptors (Lipinski definition) is 4. The first-order chi connectivity index (χ1) is 9.17. The maximum absolute atomic E-state index is 5.89. The molecule has 1 aromatic heterocycles. The van der Waals surface area contributed by atoms with Crippen LogP contribution in [-0.4, -0.2) is 17.1 Å². The first kappa shape index (κ1) is 12.0. The summed E-state index contributed by atoms with van der Waals surface area (Å²) in [6.07, 6.45) is 2.34. The van der Waals surface area contributed by atoms with Crippen LogP contribution < -0.4 is 10.5 Å². The Morgan fingerprint density at radius 2 is 2.00 bits per heavy atom. The predicted octanol–water partition coefficient (Wildman–Crippen LogP) is 2.92. The largest absolute Gasteiger partial charge is 0.497 e. The number of methoxy groups -OCH3 is 1. The van der Waals surface area contributed by atoms with Crippen LogP contribution in [0.4, 0.5) is 5.82 Å². The molecule has 1 saturated carbocycles. The highest BCUT2D eigenvalue weighted by Gasteiger charge is 2.27. The molecule has 0 unspecified atom stereocenters. The zero-order valence-corrected chi connectivity index (χ0v) is 11.2. The van der Waals surface area contributed by atoms with E-state index in [9.17, 15) is 0 Å². The van der Waals surface area contributed by atoms with Gasteiger partial charge in [-0.1, -0.05) is 0 Å². The number of anilines is 1. The van der Waals surface area contributed by atoms with Crippen molar-refractivity contribution in [3.8, 4) is 17.0 Å².